The van der Waals surface area contributed by atoms with Gasteiger partial charge in [-0.3, -0.25) is 0 Å². The van der Waals surface area contributed by atoms with Crippen LogP contribution in [0.1, 0.15) is 111 Å². The Hall–Kier alpha value is -0.790. The standard InChI is InChI=1S/C21H40O2/c1-5-7-9-10-11-12-13-14-16-18-20(17-15-8-6-2)23-21(22)19(3)4/h20H,3,5-18H2,1-2,4H3. The number of esters is 1. The van der Waals surface area contributed by atoms with Crippen LogP contribution in [0, 0.1) is 0 Å². The second-order valence-electron chi connectivity index (χ2n) is 6.92. The molecule has 0 heterocycles. The van der Waals surface area contributed by atoms with Gasteiger partial charge in [0.25, 0.3) is 0 Å². The minimum Gasteiger partial charge on any atom is -0.459 e. The Morgan fingerprint density at radius 1 is 0.783 bits per heavy atom. The molecule has 0 aromatic carbocycles. The lowest BCUT2D eigenvalue weighted by Gasteiger charge is -2.18. The molecule has 0 radical (unpaired) electrons. The van der Waals surface area contributed by atoms with Gasteiger partial charge < -0.3 is 4.74 Å². The van der Waals surface area contributed by atoms with Crippen LogP contribution in [0.2, 0.25) is 0 Å². The van der Waals surface area contributed by atoms with E-state index >= 15 is 0 Å². The third-order valence-electron chi connectivity index (χ3n) is 4.38. The monoisotopic (exact) mass is 324 g/mol. The highest BCUT2D eigenvalue weighted by Gasteiger charge is 2.14. The quantitative estimate of drug-likeness (QED) is 0.174. The molecule has 0 aliphatic heterocycles. The number of carbonyl (C=O) groups excluding carboxylic acids is 1. The minimum atomic E-state index is -0.220. The number of unbranched alkanes of at least 4 members (excludes halogenated alkanes) is 10. The van der Waals surface area contributed by atoms with Crippen LogP contribution in [-0.4, -0.2) is 12.1 Å². The maximum Gasteiger partial charge on any atom is 0.333 e. The molecule has 0 aliphatic carbocycles. The van der Waals surface area contributed by atoms with Gasteiger partial charge >= 0.3 is 5.97 Å². The van der Waals surface area contributed by atoms with Gasteiger partial charge in [-0.25, -0.2) is 4.79 Å². The Morgan fingerprint density at radius 3 is 1.65 bits per heavy atom. The summed E-state index contributed by atoms with van der Waals surface area (Å²) in [6, 6.07) is 0. The molecule has 0 saturated heterocycles. The first-order valence-electron chi connectivity index (χ1n) is 9.98. The molecule has 0 aromatic rings. The summed E-state index contributed by atoms with van der Waals surface area (Å²) in [6.45, 7) is 9.87. The van der Waals surface area contributed by atoms with Gasteiger partial charge in [-0.1, -0.05) is 84.6 Å². The van der Waals surface area contributed by atoms with Gasteiger partial charge in [0, 0.05) is 5.57 Å². The molecule has 23 heavy (non-hydrogen) atoms. The third kappa shape index (κ3) is 14.5. The normalized spacial score (nSPS) is 12.1. The Morgan fingerprint density at radius 2 is 1.17 bits per heavy atom. The van der Waals surface area contributed by atoms with Crippen molar-refractivity contribution in [3.8, 4) is 0 Å². The van der Waals surface area contributed by atoms with Gasteiger partial charge in [0.15, 0.2) is 0 Å². The predicted molar refractivity (Wildman–Crippen MR) is 101 cm³/mol. The number of rotatable bonds is 16. The summed E-state index contributed by atoms with van der Waals surface area (Å²) in [5.74, 6) is -0.220. The molecule has 0 N–H and O–H groups in total. The molecule has 0 bridgehead atoms. The number of carbonyl (C=O) groups is 1. The molecule has 2 nitrogen and oxygen atoms in total. The molecule has 0 saturated carbocycles. The van der Waals surface area contributed by atoms with Crippen molar-refractivity contribution in [3.05, 3.63) is 12.2 Å². The van der Waals surface area contributed by atoms with Crippen LogP contribution in [0.5, 0.6) is 0 Å². The van der Waals surface area contributed by atoms with Crippen molar-refractivity contribution < 1.29 is 9.53 Å². The minimum absolute atomic E-state index is 0.0929. The Labute approximate surface area is 145 Å². The maximum atomic E-state index is 11.7. The summed E-state index contributed by atoms with van der Waals surface area (Å²) in [5, 5.41) is 0. The van der Waals surface area contributed by atoms with E-state index in [0.717, 1.165) is 19.3 Å². The van der Waals surface area contributed by atoms with Crippen LogP contribution in [0.25, 0.3) is 0 Å². The van der Waals surface area contributed by atoms with Gasteiger partial charge in [0.2, 0.25) is 0 Å². The van der Waals surface area contributed by atoms with Gasteiger partial charge in [-0.05, 0) is 32.6 Å². The van der Waals surface area contributed by atoms with E-state index in [0.29, 0.717) is 5.57 Å². The Balaban J connectivity index is 3.77. The van der Waals surface area contributed by atoms with Crippen LogP contribution in [-0.2, 0) is 9.53 Å². The van der Waals surface area contributed by atoms with E-state index in [2.05, 4.69) is 20.4 Å². The zero-order chi connectivity index (χ0) is 17.3. The van der Waals surface area contributed by atoms with Crippen molar-refractivity contribution in [3.63, 3.8) is 0 Å². The first-order valence-corrected chi connectivity index (χ1v) is 9.98. The fraction of sp³-hybridized carbons (Fsp3) is 0.857. The van der Waals surface area contributed by atoms with Crippen LogP contribution < -0.4 is 0 Å². The molecule has 0 spiro atoms. The van der Waals surface area contributed by atoms with Gasteiger partial charge in [-0.15, -0.1) is 0 Å². The maximum absolute atomic E-state index is 11.7. The SMILES string of the molecule is C=C(C)C(=O)OC(CCCCC)CCCCCCCCCCC. The Kier molecular flexibility index (Phi) is 15.5. The first-order chi connectivity index (χ1) is 11.1. The zero-order valence-electron chi connectivity index (χ0n) is 16.0. The molecular formula is C21H40O2. The first kappa shape index (κ1) is 22.2. The van der Waals surface area contributed by atoms with E-state index in [1.54, 1.807) is 6.92 Å². The summed E-state index contributed by atoms with van der Waals surface area (Å²) in [4.78, 5) is 11.7. The van der Waals surface area contributed by atoms with Gasteiger partial charge in [0.05, 0.1) is 0 Å². The van der Waals surface area contributed by atoms with E-state index in [4.69, 9.17) is 4.74 Å². The van der Waals surface area contributed by atoms with Gasteiger partial charge in [0.1, 0.15) is 6.10 Å². The summed E-state index contributed by atoms with van der Waals surface area (Å²) >= 11 is 0. The lowest BCUT2D eigenvalue weighted by molar-refractivity contribution is -0.145. The van der Waals surface area contributed by atoms with Crippen LogP contribution in [0.3, 0.4) is 0 Å². The molecule has 0 fully saturated rings. The summed E-state index contributed by atoms with van der Waals surface area (Å²) in [5.41, 5.74) is 0.512. The average Bonchev–Trinajstić information content (AvgIpc) is 2.53. The molecule has 2 heteroatoms. The molecule has 0 aromatic heterocycles. The van der Waals surface area contributed by atoms with Crippen molar-refractivity contribution in [2.75, 3.05) is 0 Å². The smallest absolute Gasteiger partial charge is 0.333 e. The number of hydrogen-bond acceptors (Lipinski definition) is 2. The summed E-state index contributed by atoms with van der Waals surface area (Å²) < 4.78 is 5.59. The molecule has 1 atom stereocenters. The topological polar surface area (TPSA) is 26.3 Å². The molecule has 0 rings (SSSR count). The van der Waals surface area contributed by atoms with Crippen LogP contribution in [0.15, 0.2) is 12.2 Å². The largest absolute Gasteiger partial charge is 0.459 e. The second-order valence-corrected chi connectivity index (χ2v) is 6.92. The predicted octanol–water partition coefficient (Wildman–Crippen LogP) is 6.98. The van der Waals surface area contributed by atoms with Crippen molar-refractivity contribution in [1.82, 2.24) is 0 Å². The molecule has 0 aliphatic rings. The van der Waals surface area contributed by atoms with Crippen LogP contribution in [0.4, 0.5) is 0 Å². The van der Waals surface area contributed by atoms with E-state index < -0.39 is 0 Å². The summed E-state index contributed by atoms with van der Waals surface area (Å²) in [7, 11) is 0. The fourth-order valence-electron chi connectivity index (χ4n) is 2.82. The van der Waals surface area contributed by atoms with Crippen molar-refractivity contribution in [2.24, 2.45) is 0 Å². The van der Waals surface area contributed by atoms with Gasteiger partial charge in [-0.2, -0.15) is 0 Å². The highest BCUT2D eigenvalue weighted by atomic mass is 16.5. The molecule has 0 amide bonds. The number of hydrogen-bond donors (Lipinski definition) is 0. The highest BCUT2D eigenvalue weighted by molar-refractivity contribution is 5.87. The van der Waals surface area contributed by atoms with E-state index in [1.807, 2.05) is 0 Å². The third-order valence-corrected chi connectivity index (χ3v) is 4.38. The van der Waals surface area contributed by atoms with Crippen molar-refractivity contribution in [2.45, 2.75) is 117 Å². The molecule has 136 valence electrons. The zero-order valence-corrected chi connectivity index (χ0v) is 16.0. The fourth-order valence-corrected chi connectivity index (χ4v) is 2.82. The second kappa shape index (κ2) is 16.1. The van der Waals surface area contributed by atoms with Crippen molar-refractivity contribution in [1.29, 1.82) is 0 Å². The van der Waals surface area contributed by atoms with E-state index in [9.17, 15) is 4.79 Å². The van der Waals surface area contributed by atoms with Crippen molar-refractivity contribution >= 4 is 5.97 Å². The summed E-state index contributed by atoms with van der Waals surface area (Å²) in [6.07, 6.45) is 17.7. The lowest BCUT2D eigenvalue weighted by atomic mass is 10.0. The Bertz CT molecular complexity index is 296. The van der Waals surface area contributed by atoms with E-state index in [1.165, 1.54) is 70.6 Å². The lowest BCUT2D eigenvalue weighted by Crippen LogP contribution is -2.18. The average molecular weight is 325 g/mol. The van der Waals surface area contributed by atoms with E-state index in [-0.39, 0.29) is 12.1 Å². The molecular weight excluding hydrogens is 284 g/mol. The molecule has 1 unspecified atom stereocenters. The van der Waals surface area contributed by atoms with Crippen LogP contribution >= 0.6 is 0 Å². The number of ether oxygens (including phenoxy) is 1. The highest BCUT2D eigenvalue weighted by Crippen LogP contribution is 2.17.